The minimum Gasteiger partial charge on any atom is -0.397 e. The maximum absolute atomic E-state index is 11.6. The summed E-state index contributed by atoms with van der Waals surface area (Å²) >= 11 is 0. The van der Waals surface area contributed by atoms with Crippen molar-refractivity contribution in [1.82, 2.24) is 4.98 Å². The molecule has 1 aromatic heterocycles. The Labute approximate surface area is 103 Å². The van der Waals surface area contributed by atoms with Gasteiger partial charge in [0.1, 0.15) is 5.82 Å². The highest BCUT2D eigenvalue weighted by Crippen LogP contribution is 2.10. The monoisotopic (exact) mass is 235 g/mol. The molecule has 0 fully saturated rings. The van der Waals surface area contributed by atoms with E-state index in [4.69, 9.17) is 5.73 Å². The number of hydrogen-bond donors (Lipinski definition) is 2. The number of carbonyl (C=O) groups excluding carboxylic acids is 1. The van der Waals surface area contributed by atoms with E-state index < -0.39 is 0 Å². The summed E-state index contributed by atoms with van der Waals surface area (Å²) in [4.78, 5) is 15.6. The molecule has 0 saturated carbocycles. The average molecular weight is 235 g/mol. The Bertz CT molecular complexity index is 346. The zero-order valence-electron chi connectivity index (χ0n) is 10.6. The van der Waals surface area contributed by atoms with Crippen LogP contribution in [0, 0.1) is 5.92 Å². The summed E-state index contributed by atoms with van der Waals surface area (Å²) in [5, 5.41) is 2.75. The van der Waals surface area contributed by atoms with Crippen LogP contribution in [0.3, 0.4) is 0 Å². The van der Waals surface area contributed by atoms with Crippen molar-refractivity contribution >= 4 is 17.4 Å². The summed E-state index contributed by atoms with van der Waals surface area (Å²) in [5.41, 5.74) is 6.11. The summed E-state index contributed by atoms with van der Waals surface area (Å²) in [6, 6.07) is 3.43. The molecule has 17 heavy (non-hydrogen) atoms. The molecule has 1 aromatic rings. The molecular formula is C13H21N3O. The van der Waals surface area contributed by atoms with Crippen LogP contribution < -0.4 is 11.1 Å². The molecule has 1 heterocycles. The molecule has 0 unspecified atom stereocenters. The first-order valence-corrected chi connectivity index (χ1v) is 6.09. The van der Waals surface area contributed by atoms with Gasteiger partial charge in [-0.1, -0.05) is 26.7 Å². The zero-order valence-corrected chi connectivity index (χ0v) is 10.6. The zero-order chi connectivity index (χ0) is 12.7. The minimum absolute atomic E-state index is 0.0195. The van der Waals surface area contributed by atoms with E-state index in [1.54, 1.807) is 12.1 Å². The molecule has 0 saturated heterocycles. The molecular weight excluding hydrogens is 214 g/mol. The summed E-state index contributed by atoms with van der Waals surface area (Å²) in [5.74, 6) is 1.29. The minimum atomic E-state index is 0.0195. The third kappa shape index (κ3) is 5.90. The van der Waals surface area contributed by atoms with Crippen molar-refractivity contribution in [3.63, 3.8) is 0 Å². The molecule has 1 rings (SSSR count). The molecule has 3 N–H and O–H groups in total. The van der Waals surface area contributed by atoms with Gasteiger partial charge in [-0.15, -0.1) is 0 Å². The summed E-state index contributed by atoms with van der Waals surface area (Å²) in [6.45, 7) is 4.39. The second-order valence-corrected chi connectivity index (χ2v) is 4.66. The number of rotatable bonds is 6. The highest BCUT2D eigenvalue weighted by atomic mass is 16.1. The SMILES string of the molecule is CC(C)CCCCC(=O)Nc1ccc(N)cn1. The van der Waals surface area contributed by atoms with Crippen molar-refractivity contribution < 1.29 is 4.79 Å². The van der Waals surface area contributed by atoms with E-state index in [9.17, 15) is 4.79 Å². The number of nitrogens with two attached hydrogens (primary N) is 1. The quantitative estimate of drug-likeness (QED) is 0.745. The van der Waals surface area contributed by atoms with Gasteiger partial charge in [0.25, 0.3) is 0 Å². The van der Waals surface area contributed by atoms with Gasteiger partial charge in [-0.05, 0) is 24.5 Å². The normalized spacial score (nSPS) is 10.5. The molecule has 4 nitrogen and oxygen atoms in total. The van der Waals surface area contributed by atoms with Gasteiger partial charge in [0.15, 0.2) is 0 Å². The third-order valence-corrected chi connectivity index (χ3v) is 2.49. The first kappa shape index (κ1) is 13.5. The number of nitrogen functional groups attached to an aromatic ring is 1. The summed E-state index contributed by atoms with van der Waals surface area (Å²) in [7, 11) is 0. The van der Waals surface area contributed by atoms with Gasteiger partial charge in [0.05, 0.1) is 11.9 Å². The van der Waals surface area contributed by atoms with Crippen molar-refractivity contribution in [1.29, 1.82) is 0 Å². The number of anilines is 2. The maximum atomic E-state index is 11.6. The lowest BCUT2D eigenvalue weighted by molar-refractivity contribution is -0.116. The van der Waals surface area contributed by atoms with E-state index in [1.807, 2.05) is 0 Å². The summed E-state index contributed by atoms with van der Waals surface area (Å²) in [6.07, 6.45) is 5.29. The standard InChI is InChI=1S/C13H21N3O/c1-10(2)5-3-4-6-13(17)16-12-8-7-11(14)9-15-12/h7-10H,3-6,14H2,1-2H3,(H,15,16,17). The van der Waals surface area contributed by atoms with E-state index in [1.165, 1.54) is 12.6 Å². The number of amides is 1. The van der Waals surface area contributed by atoms with Crippen molar-refractivity contribution in [2.24, 2.45) is 5.92 Å². The molecule has 0 aromatic carbocycles. The van der Waals surface area contributed by atoms with Gasteiger partial charge in [0.2, 0.25) is 5.91 Å². The average Bonchev–Trinajstić information content (AvgIpc) is 2.27. The topological polar surface area (TPSA) is 68.0 Å². The van der Waals surface area contributed by atoms with Crippen LogP contribution >= 0.6 is 0 Å². The molecule has 0 atom stereocenters. The number of unbranched alkanes of at least 4 members (excludes halogenated alkanes) is 1. The molecule has 0 aliphatic carbocycles. The second-order valence-electron chi connectivity index (χ2n) is 4.66. The van der Waals surface area contributed by atoms with Gasteiger partial charge >= 0.3 is 0 Å². The highest BCUT2D eigenvalue weighted by Gasteiger charge is 2.03. The number of hydrogen-bond acceptors (Lipinski definition) is 3. The highest BCUT2D eigenvalue weighted by molar-refractivity contribution is 5.89. The molecule has 0 aliphatic rings. The number of pyridine rings is 1. The number of aromatic nitrogens is 1. The van der Waals surface area contributed by atoms with Crippen molar-refractivity contribution in [2.75, 3.05) is 11.1 Å². The van der Waals surface area contributed by atoms with Gasteiger partial charge in [-0.25, -0.2) is 4.98 Å². The molecule has 4 heteroatoms. The molecule has 0 spiro atoms. The van der Waals surface area contributed by atoms with Crippen LogP contribution in [0.15, 0.2) is 18.3 Å². The van der Waals surface area contributed by atoms with Gasteiger partial charge in [0, 0.05) is 6.42 Å². The van der Waals surface area contributed by atoms with Gasteiger partial charge in [-0.3, -0.25) is 4.79 Å². The van der Waals surface area contributed by atoms with Crippen LogP contribution in [-0.4, -0.2) is 10.9 Å². The molecule has 1 amide bonds. The molecule has 0 bridgehead atoms. The van der Waals surface area contributed by atoms with Crippen LogP contribution in [0.25, 0.3) is 0 Å². The van der Waals surface area contributed by atoms with E-state index in [2.05, 4.69) is 24.1 Å². The Balaban J connectivity index is 2.23. The first-order chi connectivity index (χ1) is 8.08. The van der Waals surface area contributed by atoms with E-state index >= 15 is 0 Å². The fourth-order valence-corrected chi connectivity index (χ4v) is 1.52. The predicted molar refractivity (Wildman–Crippen MR) is 70.6 cm³/mol. The Hall–Kier alpha value is -1.58. The van der Waals surface area contributed by atoms with Crippen LogP contribution in [0.5, 0.6) is 0 Å². The Kier molecular flexibility index (Phi) is 5.46. The largest absolute Gasteiger partial charge is 0.397 e. The van der Waals surface area contributed by atoms with E-state index in [-0.39, 0.29) is 5.91 Å². The number of carbonyl (C=O) groups is 1. The van der Waals surface area contributed by atoms with Crippen molar-refractivity contribution in [3.8, 4) is 0 Å². The van der Waals surface area contributed by atoms with Crippen molar-refractivity contribution in [3.05, 3.63) is 18.3 Å². The lowest BCUT2D eigenvalue weighted by Gasteiger charge is -2.05. The second kappa shape index (κ2) is 6.89. The lowest BCUT2D eigenvalue weighted by atomic mass is 10.1. The van der Waals surface area contributed by atoms with E-state index in [0.29, 0.717) is 23.8 Å². The Morgan fingerprint density at radius 2 is 2.18 bits per heavy atom. The van der Waals surface area contributed by atoms with Crippen LogP contribution in [-0.2, 0) is 4.79 Å². The van der Waals surface area contributed by atoms with Crippen molar-refractivity contribution in [2.45, 2.75) is 39.5 Å². The fourth-order valence-electron chi connectivity index (χ4n) is 1.52. The van der Waals surface area contributed by atoms with Crippen LogP contribution in [0.2, 0.25) is 0 Å². The fraction of sp³-hybridized carbons (Fsp3) is 0.538. The van der Waals surface area contributed by atoms with Gasteiger partial charge < -0.3 is 11.1 Å². The number of nitrogens with zero attached hydrogens (tertiary/aromatic N) is 1. The first-order valence-electron chi connectivity index (χ1n) is 6.09. The van der Waals surface area contributed by atoms with Crippen LogP contribution in [0.4, 0.5) is 11.5 Å². The molecule has 0 aliphatic heterocycles. The molecule has 94 valence electrons. The lowest BCUT2D eigenvalue weighted by Crippen LogP contribution is -2.12. The summed E-state index contributed by atoms with van der Waals surface area (Å²) < 4.78 is 0. The predicted octanol–water partition coefficient (Wildman–Crippen LogP) is 2.82. The number of nitrogens with one attached hydrogen (secondary N) is 1. The van der Waals surface area contributed by atoms with Crippen LogP contribution in [0.1, 0.15) is 39.5 Å². The van der Waals surface area contributed by atoms with E-state index in [0.717, 1.165) is 12.8 Å². The Morgan fingerprint density at radius 3 is 2.76 bits per heavy atom. The maximum Gasteiger partial charge on any atom is 0.225 e. The Morgan fingerprint density at radius 1 is 1.41 bits per heavy atom. The smallest absolute Gasteiger partial charge is 0.225 e. The van der Waals surface area contributed by atoms with Gasteiger partial charge in [-0.2, -0.15) is 0 Å². The molecule has 0 radical (unpaired) electrons. The third-order valence-electron chi connectivity index (χ3n) is 2.49.